The van der Waals surface area contributed by atoms with Crippen LogP contribution >= 0.6 is 0 Å². The zero-order valence-corrected chi connectivity index (χ0v) is 51.6. The smallest absolute Gasteiger partial charge is 0.306 e. The maximum absolute atomic E-state index is 12.9. The molecule has 0 rings (SSSR count). The van der Waals surface area contributed by atoms with Gasteiger partial charge in [-0.3, -0.25) is 14.4 Å². The standard InChI is InChI=1S/C70H132O6/c1-4-7-10-13-16-19-22-25-28-30-32-33-34-35-36-37-38-40-42-45-48-51-54-57-60-63-69(72)75-66-67(65-74-68(71)62-59-56-53-50-47-44-41-27-24-21-18-15-12-9-6-3)76-70(73)64-61-58-55-52-49-46-43-39-31-29-26-23-20-17-14-11-8-5-2/h27,29,31,41,67H,4-26,28,30,32-40,42-66H2,1-3H3/b31-29-,41-27-. The monoisotopic (exact) mass is 1070 g/mol. The van der Waals surface area contributed by atoms with Crippen molar-refractivity contribution in [1.82, 2.24) is 0 Å². The summed E-state index contributed by atoms with van der Waals surface area (Å²) in [5, 5.41) is 0. The van der Waals surface area contributed by atoms with Gasteiger partial charge in [0, 0.05) is 19.3 Å². The van der Waals surface area contributed by atoms with Gasteiger partial charge < -0.3 is 14.2 Å². The summed E-state index contributed by atoms with van der Waals surface area (Å²) in [5.74, 6) is -0.855. The van der Waals surface area contributed by atoms with E-state index in [1.54, 1.807) is 0 Å². The van der Waals surface area contributed by atoms with Crippen LogP contribution in [0.2, 0.25) is 0 Å². The van der Waals surface area contributed by atoms with Crippen molar-refractivity contribution in [2.45, 2.75) is 393 Å². The number of ether oxygens (including phenoxy) is 3. The van der Waals surface area contributed by atoms with Crippen LogP contribution in [-0.2, 0) is 28.6 Å². The molecular formula is C70H132O6. The molecule has 0 aromatic heterocycles. The van der Waals surface area contributed by atoms with Crippen molar-refractivity contribution in [3.63, 3.8) is 0 Å². The lowest BCUT2D eigenvalue weighted by atomic mass is 10.0. The highest BCUT2D eigenvalue weighted by Gasteiger charge is 2.19. The van der Waals surface area contributed by atoms with Crippen molar-refractivity contribution in [2.24, 2.45) is 0 Å². The van der Waals surface area contributed by atoms with E-state index in [2.05, 4.69) is 45.1 Å². The number of hydrogen-bond donors (Lipinski definition) is 0. The van der Waals surface area contributed by atoms with Crippen LogP contribution in [0.5, 0.6) is 0 Å². The Hall–Kier alpha value is -2.11. The Morgan fingerprint density at radius 3 is 0.658 bits per heavy atom. The van der Waals surface area contributed by atoms with Crippen molar-refractivity contribution in [1.29, 1.82) is 0 Å². The van der Waals surface area contributed by atoms with Crippen molar-refractivity contribution in [3.8, 4) is 0 Å². The van der Waals surface area contributed by atoms with Crippen molar-refractivity contribution >= 4 is 17.9 Å². The van der Waals surface area contributed by atoms with Crippen molar-refractivity contribution in [3.05, 3.63) is 24.3 Å². The number of hydrogen-bond acceptors (Lipinski definition) is 6. The summed E-state index contributed by atoms with van der Waals surface area (Å²) >= 11 is 0. The molecule has 448 valence electrons. The molecule has 0 saturated heterocycles. The molecule has 0 aromatic rings. The summed E-state index contributed by atoms with van der Waals surface area (Å²) in [7, 11) is 0. The highest BCUT2D eigenvalue weighted by atomic mass is 16.6. The van der Waals surface area contributed by atoms with Gasteiger partial charge in [-0.1, -0.05) is 321 Å². The van der Waals surface area contributed by atoms with E-state index >= 15 is 0 Å². The number of esters is 3. The third-order valence-corrected chi connectivity index (χ3v) is 15.7. The molecule has 0 aromatic carbocycles. The third kappa shape index (κ3) is 62.7. The van der Waals surface area contributed by atoms with E-state index in [-0.39, 0.29) is 31.1 Å². The molecule has 0 fully saturated rings. The van der Waals surface area contributed by atoms with Gasteiger partial charge in [0.15, 0.2) is 6.10 Å². The summed E-state index contributed by atoms with van der Waals surface area (Å²) < 4.78 is 17.0. The maximum atomic E-state index is 12.9. The molecule has 0 amide bonds. The number of unbranched alkanes of at least 4 members (excludes halogenated alkanes) is 49. The molecule has 0 aliphatic heterocycles. The summed E-state index contributed by atoms with van der Waals surface area (Å²) in [6.45, 7) is 6.70. The van der Waals surface area contributed by atoms with Gasteiger partial charge in [0.05, 0.1) is 0 Å². The quantitative estimate of drug-likeness (QED) is 0.0261. The molecule has 6 nitrogen and oxygen atoms in total. The molecule has 0 aliphatic rings. The van der Waals surface area contributed by atoms with E-state index in [1.165, 1.54) is 283 Å². The summed E-state index contributed by atoms with van der Waals surface area (Å²) in [5.41, 5.74) is 0. The minimum absolute atomic E-state index is 0.0704. The van der Waals surface area contributed by atoms with Crippen LogP contribution in [0, 0.1) is 0 Å². The second-order valence-electron chi connectivity index (χ2n) is 23.4. The Labute approximate surface area is 474 Å². The predicted molar refractivity (Wildman–Crippen MR) is 330 cm³/mol. The first-order valence-corrected chi connectivity index (χ1v) is 34.3. The van der Waals surface area contributed by atoms with Gasteiger partial charge in [0.25, 0.3) is 0 Å². The Morgan fingerprint density at radius 1 is 0.250 bits per heavy atom. The topological polar surface area (TPSA) is 78.9 Å². The first kappa shape index (κ1) is 73.9. The molecule has 0 heterocycles. The first-order chi connectivity index (χ1) is 37.5. The number of carbonyl (C=O) groups excluding carboxylic acids is 3. The molecular weight excluding hydrogens is 937 g/mol. The molecule has 1 atom stereocenters. The Bertz CT molecular complexity index is 1230. The van der Waals surface area contributed by atoms with E-state index in [1.807, 2.05) is 0 Å². The summed E-state index contributed by atoms with van der Waals surface area (Å²) in [4.78, 5) is 38.4. The molecule has 0 radical (unpaired) electrons. The van der Waals surface area contributed by atoms with E-state index in [0.29, 0.717) is 19.3 Å². The fourth-order valence-electron chi connectivity index (χ4n) is 10.5. The zero-order chi connectivity index (χ0) is 55.0. The van der Waals surface area contributed by atoms with Gasteiger partial charge in [-0.15, -0.1) is 0 Å². The molecule has 6 heteroatoms. The average molecular weight is 1070 g/mol. The van der Waals surface area contributed by atoms with Crippen LogP contribution in [-0.4, -0.2) is 37.2 Å². The molecule has 0 N–H and O–H groups in total. The van der Waals surface area contributed by atoms with Crippen LogP contribution in [0.25, 0.3) is 0 Å². The number of rotatable bonds is 64. The van der Waals surface area contributed by atoms with Crippen LogP contribution in [0.4, 0.5) is 0 Å². The lowest BCUT2D eigenvalue weighted by Crippen LogP contribution is -2.30. The fraction of sp³-hybridized carbons (Fsp3) is 0.900. The van der Waals surface area contributed by atoms with E-state index < -0.39 is 6.10 Å². The second kappa shape index (κ2) is 65.4. The first-order valence-electron chi connectivity index (χ1n) is 34.3. The van der Waals surface area contributed by atoms with Gasteiger partial charge in [-0.05, 0) is 70.6 Å². The average Bonchev–Trinajstić information content (AvgIpc) is 3.42. The summed E-state index contributed by atoms with van der Waals surface area (Å²) in [6, 6.07) is 0. The minimum Gasteiger partial charge on any atom is -0.462 e. The number of allylic oxidation sites excluding steroid dienone is 4. The van der Waals surface area contributed by atoms with Gasteiger partial charge in [0.2, 0.25) is 0 Å². The number of carbonyl (C=O) groups is 3. The van der Waals surface area contributed by atoms with E-state index in [4.69, 9.17) is 14.2 Å². The van der Waals surface area contributed by atoms with Crippen LogP contribution < -0.4 is 0 Å². The SMILES string of the molecule is CCCCCCCC/C=C\CCCCCCCC(=O)OCC(COC(=O)CCCCCCCCCCCCCCCCCCCCCCCCCCC)OC(=O)CCCCCCCCC/C=C\CCCCCCCCC. The molecule has 0 aliphatic carbocycles. The van der Waals surface area contributed by atoms with Gasteiger partial charge in [-0.25, -0.2) is 0 Å². The highest BCUT2D eigenvalue weighted by Crippen LogP contribution is 2.18. The molecule has 0 bridgehead atoms. The summed E-state index contributed by atoms with van der Waals surface area (Å²) in [6.07, 6.45) is 79.1. The third-order valence-electron chi connectivity index (χ3n) is 15.7. The van der Waals surface area contributed by atoms with E-state index in [0.717, 1.165) is 64.2 Å². The largest absolute Gasteiger partial charge is 0.462 e. The normalized spacial score (nSPS) is 12.1. The van der Waals surface area contributed by atoms with Gasteiger partial charge >= 0.3 is 17.9 Å². The van der Waals surface area contributed by atoms with Gasteiger partial charge in [-0.2, -0.15) is 0 Å². The second-order valence-corrected chi connectivity index (χ2v) is 23.4. The molecule has 1 unspecified atom stereocenters. The van der Waals surface area contributed by atoms with Crippen LogP contribution in [0.1, 0.15) is 387 Å². The zero-order valence-electron chi connectivity index (χ0n) is 51.6. The van der Waals surface area contributed by atoms with Crippen LogP contribution in [0.3, 0.4) is 0 Å². The Balaban J connectivity index is 4.25. The highest BCUT2D eigenvalue weighted by molar-refractivity contribution is 5.71. The van der Waals surface area contributed by atoms with Crippen LogP contribution in [0.15, 0.2) is 24.3 Å². The molecule has 76 heavy (non-hydrogen) atoms. The lowest BCUT2D eigenvalue weighted by molar-refractivity contribution is -0.167. The molecule has 0 spiro atoms. The Kier molecular flexibility index (Phi) is 63.6. The minimum atomic E-state index is -0.775. The van der Waals surface area contributed by atoms with Gasteiger partial charge in [0.1, 0.15) is 13.2 Å². The fourth-order valence-corrected chi connectivity index (χ4v) is 10.5. The molecule has 0 saturated carbocycles. The van der Waals surface area contributed by atoms with Crippen molar-refractivity contribution < 1.29 is 28.6 Å². The lowest BCUT2D eigenvalue weighted by Gasteiger charge is -2.18. The maximum Gasteiger partial charge on any atom is 0.306 e. The predicted octanol–water partition coefficient (Wildman–Crippen LogP) is 23.4. The Morgan fingerprint density at radius 2 is 0.434 bits per heavy atom. The van der Waals surface area contributed by atoms with E-state index in [9.17, 15) is 14.4 Å². The van der Waals surface area contributed by atoms with Crippen molar-refractivity contribution in [2.75, 3.05) is 13.2 Å².